The second kappa shape index (κ2) is 8.73. The van der Waals surface area contributed by atoms with Crippen LogP contribution in [0.15, 0.2) is 23.1 Å². The van der Waals surface area contributed by atoms with Crippen LogP contribution in [0.1, 0.15) is 20.3 Å². The van der Waals surface area contributed by atoms with E-state index in [1.165, 1.54) is 23.1 Å². The van der Waals surface area contributed by atoms with Gasteiger partial charge >= 0.3 is 5.97 Å². The molecule has 1 amide bonds. The number of carboxylic acids is 1. The predicted octanol–water partition coefficient (Wildman–Crippen LogP) is 3.05. The Morgan fingerprint density at radius 1 is 1.43 bits per heavy atom. The van der Waals surface area contributed by atoms with Crippen LogP contribution >= 0.6 is 23.4 Å². The van der Waals surface area contributed by atoms with Gasteiger partial charge in [-0.25, -0.2) is 0 Å². The number of hydrogen-bond acceptors (Lipinski definition) is 5. The van der Waals surface area contributed by atoms with Crippen molar-refractivity contribution in [3.8, 4) is 0 Å². The number of thioether (sulfide) groups is 1. The number of halogens is 1. The maximum Gasteiger partial charge on any atom is 0.305 e. The molecule has 0 aliphatic carbocycles. The Morgan fingerprint density at radius 2 is 2.09 bits per heavy atom. The van der Waals surface area contributed by atoms with Gasteiger partial charge in [-0.05, 0) is 26.0 Å². The summed E-state index contributed by atoms with van der Waals surface area (Å²) in [5.74, 6) is -1.26. The molecule has 1 aromatic rings. The van der Waals surface area contributed by atoms with Gasteiger partial charge in [-0.15, -0.1) is 11.8 Å². The summed E-state index contributed by atoms with van der Waals surface area (Å²) in [7, 11) is 0. The van der Waals surface area contributed by atoms with Crippen LogP contribution < -0.4 is 0 Å². The highest BCUT2D eigenvalue weighted by Crippen LogP contribution is 2.31. The van der Waals surface area contributed by atoms with E-state index < -0.39 is 10.9 Å². The van der Waals surface area contributed by atoms with E-state index >= 15 is 0 Å². The first-order valence-electron chi connectivity index (χ1n) is 6.80. The number of amides is 1. The summed E-state index contributed by atoms with van der Waals surface area (Å²) in [6.45, 7) is 3.68. The summed E-state index contributed by atoms with van der Waals surface area (Å²) in [5, 5.41) is 20.0. The third-order valence-electron chi connectivity index (χ3n) is 2.98. The summed E-state index contributed by atoms with van der Waals surface area (Å²) in [5.41, 5.74) is -0.156. The molecule has 0 aliphatic rings. The molecule has 1 N–H and O–H groups in total. The van der Waals surface area contributed by atoms with Crippen molar-refractivity contribution < 1.29 is 19.6 Å². The van der Waals surface area contributed by atoms with Gasteiger partial charge in [0, 0.05) is 23.7 Å². The summed E-state index contributed by atoms with van der Waals surface area (Å²) in [6.07, 6.45) is -0.143. The van der Waals surface area contributed by atoms with E-state index in [1.54, 1.807) is 13.8 Å². The van der Waals surface area contributed by atoms with Crippen molar-refractivity contribution in [3.05, 3.63) is 33.3 Å². The van der Waals surface area contributed by atoms with E-state index in [-0.39, 0.29) is 41.4 Å². The minimum absolute atomic E-state index is 0.0136. The lowest BCUT2D eigenvalue weighted by Gasteiger charge is -2.26. The lowest BCUT2D eigenvalue weighted by molar-refractivity contribution is -0.387. The molecule has 0 aliphatic heterocycles. The minimum Gasteiger partial charge on any atom is -0.481 e. The number of carboxylic acid groups (broad SMARTS) is 1. The molecule has 0 bridgehead atoms. The Balaban J connectivity index is 2.77. The molecule has 0 unspecified atom stereocenters. The Kier molecular flexibility index (Phi) is 7.31. The van der Waals surface area contributed by atoms with Gasteiger partial charge in [-0.2, -0.15) is 0 Å². The average molecular weight is 361 g/mol. The Hall–Kier alpha value is -1.80. The molecule has 126 valence electrons. The van der Waals surface area contributed by atoms with Gasteiger partial charge in [-0.3, -0.25) is 19.7 Å². The largest absolute Gasteiger partial charge is 0.481 e. The quantitative estimate of drug-likeness (QED) is 0.434. The number of carbonyl (C=O) groups is 2. The van der Waals surface area contributed by atoms with Crippen molar-refractivity contribution in [3.63, 3.8) is 0 Å². The zero-order valence-corrected chi connectivity index (χ0v) is 14.3. The molecule has 0 heterocycles. The number of carbonyl (C=O) groups excluding carboxylic acids is 1. The molecule has 0 aromatic heterocycles. The molecular formula is C14H17ClN2O5S. The van der Waals surface area contributed by atoms with Gasteiger partial charge in [-0.1, -0.05) is 11.6 Å². The first-order valence-corrected chi connectivity index (χ1v) is 8.16. The summed E-state index contributed by atoms with van der Waals surface area (Å²) in [4.78, 5) is 35.1. The molecular weight excluding hydrogens is 344 g/mol. The van der Waals surface area contributed by atoms with Crippen LogP contribution in [-0.4, -0.2) is 45.1 Å². The second-order valence-corrected chi connectivity index (χ2v) is 6.44. The molecule has 0 radical (unpaired) electrons. The van der Waals surface area contributed by atoms with Crippen molar-refractivity contribution >= 4 is 40.9 Å². The van der Waals surface area contributed by atoms with Crippen LogP contribution in [0, 0.1) is 10.1 Å². The minimum atomic E-state index is -0.982. The monoisotopic (exact) mass is 360 g/mol. The fourth-order valence-electron chi connectivity index (χ4n) is 1.86. The van der Waals surface area contributed by atoms with E-state index in [0.717, 1.165) is 11.8 Å². The van der Waals surface area contributed by atoms with Gasteiger partial charge in [0.1, 0.15) is 0 Å². The van der Waals surface area contributed by atoms with Crippen LogP contribution in [0.4, 0.5) is 5.69 Å². The summed E-state index contributed by atoms with van der Waals surface area (Å²) < 4.78 is 0. The van der Waals surface area contributed by atoms with E-state index in [4.69, 9.17) is 16.7 Å². The molecule has 0 atom stereocenters. The maximum absolute atomic E-state index is 12.2. The van der Waals surface area contributed by atoms with Crippen molar-refractivity contribution in [1.82, 2.24) is 4.90 Å². The fraction of sp³-hybridized carbons (Fsp3) is 0.429. The van der Waals surface area contributed by atoms with Gasteiger partial charge in [0.15, 0.2) is 0 Å². The normalized spacial score (nSPS) is 10.6. The molecule has 0 saturated carbocycles. The highest BCUT2D eigenvalue weighted by Gasteiger charge is 2.21. The van der Waals surface area contributed by atoms with Crippen molar-refractivity contribution in [2.75, 3.05) is 12.3 Å². The van der Waals surface area contributed by atoms with Crippen molar-refractivity contribution in [2.45, 2.75) is 31.2 Å². The van der Waals surface area contributed by atoms with Crippen LogP contribution in [-0.2, 0) is 9.59 Å². The SMILES string of the molecule is CC(C)N(CCC(=O)O)C(=O)CSc1ccc(Cl)cc1[N+](=O)[O-]. The predicted molar refractivity (Wildman–Crippen MR) is 87.9 cm³/mol. The number of hydrogen-bond donors (Lipinski definition) is 1. The topological polar surface area (TPSA) is 101 Å². The zero-order valence-electron chi connectivity index (χ0n) is 12.7. The Bertz CT molecular complexity index is 609. The molecule has 0 saturated heterocycles. The van der Waals surface area contributed by atoms with E-state index in [2.05, 4.69) is 0 Å². The first kappa shape index (κ1) is 19.2. The number of nitro benzene ring substituents is 1. The Labute approximate surface area is 142 Å². The number of nitrogens with zero attached hydrogens (tertiary/aromatic N) is 2. The Morgan fingerprint density at radius 3 is 2.61 bits per heavy atom. The summed E-state index contributed by atoms with van der Waals surface area (Å²) >= 11 is 6.78. The smallest absolute Gasteiger partial charge is 0.305 e. The van der Waals surface area contributed by atoms with Gasteiger partial charge in [0.2, 0.25) is 5.91 Å². The van der Waals surface area contributed by atoms with Gasteiger partial charge in [0.25, 0.3) is 5.69 Å². The summed E-state index contributed by atoms with van der Waals surface area (Å²) in [6, 6.07) is 4.10. The zero-order chi connectivity index (χ0) is 17.6. The highest BCUT2D eigenvalue weighted by molar-refractivity contribution is 8.00. The van der Waals surface area contributed by atoms with Crippen LogP contribution in [0.2, 0.25) is 5.02 Å². The first-order chi connectivity index (χ1) is 10.7. The van der Waals surface area contributed by atoms with Crippen LogP contribution in [0.3, 0.4) is 0 Å². The number of aliphatic carboxylic acids is 1. The third-order valence-corrected chi connectivity index (χ3v) is 4.26. The van der Waals surface area contributed by atoms with E-state index in [0.29, 0.717) is 4.90 Å². The molecule has 7 nitrogen and oxygen atoms in total. The maximum atomic E-state index is 12.2. The molecule has 1 aromatic carbocycles. The second-order valence-electron chi connectivity index (χ2n) is 4.98. The lowest BCUT2D eigenvalue weighted by atomic mass is 10.3. The van der Waals surface area contributed by atoms with E-state index in [9.17, 15) is 19.7 Å². The fourth-order valence-corrected chi connectivity index (χ4v) is 2.92. The number of benzene rings is 1. The van der Waals surface area contributed by atoms with Crippen molar-refractivity contribution in [2.24, 2.45) is 0 Å². The van der Waals surface area contributed by atoms with Crippen molar-refractivity contribution in [1.29, 1.82) is 0 Å². The molecule has 1 rings (SSSR count). The standard InChI is InChI=1S/C14H17ClN2O5S/c1-9(2)16(6-5-14(19)20)13(18)8-23-12-4-3-10(15)7-11(12)17(21)22/h3-4,7,9H,5-6,8H2,1-2H3,(H,19,20). The average Bonchev–Trinajstić information content (AvgIpc) is 2.45. The molecule has 0 fully saturated rings. The lowest BCUT2D eigenvalue weighted by Crippen LogP contribution is -2.39. The molecule has 23 heavy (non-hydrogen) atoms. The third kappa shape index (κ3) is 6.07. The highest BCUT2D eigenvalue weighted by atomic mass is 35.5. The van der Waals surface area contributed by atoms with Gasteiger partial charge < -0.3 is 10.0 Å². The van der Waals surface area contributed by atoms with Crippen LogP contribution in [0.5, 0.6) is 0 Å². The number of nitro groups is 1. The van der Waals surface area contributed by atoms with Crippen LogP contribution in [0.25, 0.3) is 0 Å². The molecule has 9 heteroatoms. The van der Waals surface area contributed by atoms with E-state index in [1.807, 2.05) is 0 Å². The molecule has 0 spiro atoms. The van der Waals surface area contributed by atoms with Gasteiger partial charge in [0.05, 0.1) is 22.0 Å². The number of rotatable bonds is 8.